The highest BCUT2D eigenvalue weighted by molar-refractivity contribution is 5.68. The largest absolute Gasteiger partial charge is 0.463 e. The molecule has 0 aromatic rings. The highest BCUT2D eigenvalue weighted by atomic mass is 16.8. The SMILES string of the molecule is CO[C@H]1[C@@H](OC(C)=O)[C@@H](COC(C)=O)O[C@@H](O[C@H]2[C@H](OC(C)=O)[C@@H](OC(C)=O)[C@H](O)O[C@@H]2COC(C)=O)[C@@H]1OC(C)=O. The van der Waals surface area contributed by atoms with Crippen molar-refractivity contribution in [3.05, 3.63) is 0 Å². The molecule has 0 unspecified atom stereocenters. The molecule has 2 rings (SSSR count). The Morgan fingerprint density at radius 3 is 1.43 bits per heavy atom. The van der Waals surface area contributed by atoms with Gasteiger partial charge < -0.3 is 52.5 Å². The fourth-order valence-electron chi connectivity index (χ4n) is 4.43. The van der Waals surface area contributed by atoms with Crippen LogP contribution in [0.15, 0.2) is 0 Å². The number of methoxy groups -OCH3 is 1. The van der Waals surface area contributed by atoms with Gasteiger partial charge in [0.2, 0.25) is 0 Å². The monoisotopic (exact) mass is 608 g/mol. The maximum atomic E-state index is 12.1. The van der Waals surface area contributed by atoms with Gasteiger partial charge in [-0.25, -0.2) is 0 Å². The van der Waals surface area contributed by atoms with Gasteiger partial charge in [-0.15, -0.1) is 0 Å². The fraction of sp³-hybridized carbons (Fsp3) is 0.760. The van der Waals surface area contributed by atoms with Crippen LogP contribution in [0.5, 0.6) is 0 Å². The molecule has 0 aliphatic carbocycles. The zero-order valence-electron chi connectivity index (χ0n) is 24.2. The third kappa shape index (κ3) is 9.87. The molecule has 238 valence electrons. The van der Waals surface area contributed by atoms with Crippen LogP contribution in [0.3, 0.4) is 0 Å². The van der Waals surface area contributed by atoms with E-state index in [0.717, 1.165) is 41.5 Å². The molecule has 2 aliphatic heterocycles. The molecule has 1 N–H and O–H groups in total. The van der Waals surface area contributed by atoms with Crippen LogP contribution in [0.25, 0.3) is 0 Å². The van der Waals surface area contributed by atoms with Crippen LogP contribution < -0.4 is 0 Å². The standard InChI is InChI=1S/C25H36O17/c1-10(26)34-8-16-19(21(37-13(4)29)22(24(32)40-16)38-14(5)30)42-25-23(39-15(6)31)20(33-7)18(36-12(3)28)17(41-25)9-35-11(2)27/h16-25,32H,8-9H2,1-7H3/t16-,17-,18+,19-,20+,21+,22-,23-,24-,25+/m1/s1. The van der Waals surface area contributed by atoms with E-state index in [1.165, 1.54) is 7.11 Å². The number of aliphatic hydroxyl groups is 1. The summed E-state index contributed by atoms with van der Waals surface area (Å²) in [6, 6.07) is 0. The molecule has 0 aromatic heterocycles. The van der Waals surface area contributed by atoms with E-state index in [2.05, 4.69) is 0 Å². The molecule has 17 nitrogen and oxygen atoms in total. The Balaban J connectivity index is 2.59. The summed E-state index contributed by atoms with van der Waals surface area (Å²) in [6.45, 7) is 5.53. The van der Waals surface area contributed by atoms with Crippen molar-refractivity contribution in [2.75, 3.05) is 20.3 Å². The summed E-state index contributed by atoms with van der Waals surface area (Å²) < 4.78 is 54.5. The van der Waals surface area contributed by atoms with Crippen molar-refractivity contribution in [3.8, 4) is 0 Å². The highest BCUT2D eigenvalue weighted by Gasteiger charge is 2.56. The maximum absolute atomic E-state index is 12.1. The first-order chi connectivity index (χ1) is 19.6. The van der Waals surface area contributed by atoms with Crippen molar-refractivity contribution in [2.24, 2.45) is 0 Å². The Hall–Kier alpha value is -3.38. The van der Waals surface area contributed by atoms with E-state index in [1.54, 1.807) is 0 Å². The number of ether oxygens (including phenoxy) is 10. The minimum atomic E-state index is -1.85. The molecular weight excluding hydrogens is 572 g/mol. The lowest BCUT2D eigenvalue weighted by molar-refractivity contribution is -0.358. The summed E-state index contributed by atoms with van der Waals surface area (Å²) in [5.74, 6) is -4.73. The first kappa shape index (κ1) is 34.8. The lowest BCUT2D eigenvalue weighted by Gasteiger charge is -2.48. The third-order valence-electron chi connectivity index (χ3n) is 5.87. The van der Waals surface area contributed by atoms with Gasteiger partial charge in [-0.1, -0.05) is 0 Å². The average molecular weight is 609 g/mol. The first-order valence-electron chi connectivity index (χ1n) is 12.8. The molecule has 2 fully saturated rings. The summed E-state index contributed by atoms with van der Waals surface area (Å²) in [5, 5.41) is 10.6. The zero-order chi connectivity index (χ0) is 31.7. The van der Waals surface area contributed by atoms with E-state index in [4.69, 9.17) is 47.4 Å². The maximum Gasteiger partial charge on any atom is 0.303 e. The van der Waals surface area contributed by atoms with Gasteiger partial charge >= 0.3 is 35.8 Å². The van der Waals surface area contributed by atoms with Crippen molar-refractivity contribution >= 4 is 35.8 Å². The van der Waals surface area contributed by atoms with E-state index in [-0.39, 0.29) is 0 Å². The lowest BCUT2D eigenvalue weighted by atomic mass is 9.96. The van der Waals surface area contributed by atoms with Gasteiger partial charge in [-0.05, 0) is 0 Å². The summed E-state index contributed by atoms with van der Waals surface area (Å²) in [7, 11) is 1.23. The Labute approximate surface area is 240 Å². The minimum Gasteiger partial charge on any atom is -0.463 e. The highest BCUT2D eigenvalue weighted by Crippen LogP contribution is 2.34. The van der Waals surface area contributed by atoms with Crippen LogP contribution >= 0.6 is 0 Å². The number of aliphatic hydroxyl groups excluding tert-OH is 1. The summed E-state index contributed by atoms with van der Waals surface area (Å²) in [6.07, 6.45) is -14.8. The average Bonchev–Trinajstić information content (AvgIpc) is 2.86. The van der Waals surface area contributed by atoms with Crippen molar-refractivity contribution in [2.45, 2.75) is 103 Å². The molecule has 10 atom stereocenters. The molecule has 2 saturated heterocycles. The van der Waals surface area contributed by atoms with Gasteiger partial charge in [0.1, 0.15) is 37.6 Å². The first-order valence-corrected chi connectivity index (χ1v) is 12.8. The molecular formula is C25H36O17. The summed E-state index contributed by atoms with van der Waals surface area (Å²) in [5.41, 5.74) is 0. The topological polar surface area (TPSA) is 215 Å². The number of carbonyl (C=O) groups excluding carboxylic acids is 6. The van der Waals surface area contributed by atoms with Crippen LogP contribution in [-0.4, -0.2) is 123 Å². The van der Waals surface area contributed by atoms with Crippen molar-refractivity contribution in [1.82, 2.24) is 0 Å². The Morgan fingerprint density at radius 2 is 0.976 bits per heavy atom. The van der Waals surface area contributed by atoms with Gasteiger partial charge in [-0.2, -0.15) is 0 Å². The normalized spacial score (nSPS) is 32.6. The van der Waals surface area contributed by atoms with Gasteiger partial charge in [0, 0.05) is 48.7 Å². The Bertz CT molecular complexity index is 997. The number of esters is 6. The van der Waals surface area contributed by atoms with Crippen molar-refractivity contribution < 1.29 is 81.2 Å². The Kier molecular flexibility index (Phi) is 13.0. The second-order valence-electron chi connectivity index (χ2n) is 9.31. The van der Waals surface area contributed by atoms with Gasteiger partial charge in [0.05, 0.1) is 0 Å². The number of carbonyl (C=O) groups is 6. The van der Waals surface area contributed by atoms with Crippen LogP contribution in [0.4, 0.5) is 0 Å². The zero-order valence-corrected chi connectivity index (χ0v) is 24.2. The predicted octanol–water partition coefficient (Wildman–Crippen LogP) is -1.32. The Morgan fingerprint density at radius 1 is 0.548 bits per heavy atom. The molecule has 0 radical (unpaired) electrons. The van der Waals surface area contributed by atoms with E-state index >= 15 is 0 Å². The molecule has 2 heterocycles. The van der Waals surface area contributed by atoms with Crippen molar-refractivity contribution in [3.63, 3.8) is 0 Å². The fourth-order valence-corrected chi connectivity index (χ4v) is 4.43. The van der Waals surface area contributed by atoms with Gasteiger partial charge in [0.25, 0.3) is 0 Å². The molecule has 0 amide bonds. The second-order valence-corrected chi connectivity index (χ2v) is 9.31. The molecule has 2 aliphatic rings. The summed E-state index contributed by atoms with van der Waals surface area (Å²) >= 11 is 0. The molecule has 0 saturated carbocycles. The molecule has 42 heavy (non-hydrogen) atoms. The van der Waals surface area contributed by atoms with E-state index in [1.807, 2.05) is 0 Å². The lowest BCUT2D eigenvalue weighted by Crippen LogP contribution is -2.66. The van der Waals surface area contributed by atoms with Crippen LogP contribution in [0.1, 0.15) is 41.5 Å². The van der Waals surface area contributed by atoms with E-state index < -0.39 is 110 Å². The molecule has 0 spiro atoms. The third-order valence-corrected chi connectivity index (χ3v) is 5.87. The van der Waals surface area contributed by atoms with Crippen LogP contribution in [0.2, 0.25) is 0 Å². The van der Waals surface area contributed by atoms with Crippen molar-refractivity contribution in [1.29, 1.82) is 0 Å². The quantitative estimate of drug-likeness (QED) is 0.213. The number of rotatable bonds is 11. The molecule has 17 heteroatoms. The minimum absolute atomic E-state index is 0.458. The van der Waals surface area contributed by atoms with Gasteiger partial charge in [-0.3, -0.25) is 28.8 Å². The van der Waals surface area contributed by atoms with Crippen LogP contribution in [-0.2, 0) is 76.1 Å². The number of hydrogen-bond donors (Lipinski definition) is 1. The second kappa shape index (κ2) is 15.7. The summed E-state index contributed by atoms with van der Waals surface area (Å²) in [4.78, 5) is 71.0. The van der Waals surface area contributed by atoms with Crippen LogP contribution in [0, 0.1) is 0 Å². The molecule has 0 aromatic carbocycles. The number of hydrogen-bond acceptors (Lipinski definition) is 17. The van der Waals surface area contributed by atoms with E-state index in [9.17, 15) is 33.9 Å². The molecule has 0 bridgehead atoms. The smallest absolute Gasteiger partial charge is 0.303 e. The van der Waals surface area contributed by atoms with E-state index in [0.29, 0.717) is 0 Å². The van der Waals surface area contributed by atoms with Gasteiger partial charge in [0.15, 0.2) is 37.0 Å². The predicted molar refractivity (Wildman–Crippen MR) is 131 cm³/mol.